The van der Waals surface area contributed by atoms with Crippen molar-refractivity contribution in [3.63, 3.8) is 0 Å². The number of rotatable bonds is 9. The lowest BCUT2D eigenvalue weighted by Crippen LogP contribution is -2.59. The third-order valence-corrected chi connectivity index (χ3v) is 8.30. The highest BCUT2D eigenvalue weighted by molar-refractivity contribution is 6.34. The van der Waals surface area contributed by atoms with Crippen molar-refractivity contribution in [2.75, 3.05) is 18.4 Å². The van der Waals surface area contributed by atoms with E-state index >= 15 is 0 Å². The third-order valence-electron chi connectivity index (χ3n) is 7.98. The summed E-state index contributed by atoms with van der Waals surface area (Å²) in [6.45, 7) is 0.501. The van der Waals surface area contributed by atoms with E-state index in [4.69, 9.17) is 27.3 Å². The van der Waals surface area contributed by atoms with Crippen LogP contribution in [0.5, 0.6) is 0 Å². The third kappa shape index (κ3) is 7.52. The van der Waals surface area contributed by atoms with E-state index in [1.807, 2.05) is 0 Å². The number of likely N-dealkylation sites (tertiary alicyclic amines) is 1. The molecule has 2 aromatic heterocycles. The molecular weight excluding hydrogens is 661 g/mol. The number of nitrogens with zero attached hydrogens (tertiary/aromatic N) is 6. The Hall–Kier alpha value is -5.15. The van der Waals surface area contributed by atoms with Crippen molar-refractivity contribution in [2.24, 2.45) is 12.8 Å². The van der Waals surface area contributed by atoms with E-state index in [0.717, 1.165) is 21.6 Å². The second-order valence-electron chi connectivity index (χ2n) is 11.5. The molecule has 1 aromatic carbocycles. The SMILES string of the molecule is Cn1c(-c2cn(CC#N)nc2C(F)(F)F)cnc1C(=O)Nc1ccc(C(=O)NC2CC(NC(=O)N3CC(N)CC(OC=O)C3)C2)c(Cl)c1. The highest BCUT2D eigenvalue weighted by Gasteiger charge is 2.39. The van der Waals surface area contributed by atoms with Crippen LogP contribution in [-0.4, -0.2) is 85.9 Å². The number of hydrogen-bond donors (Lipinski definition) is 4. The molecule has 5 N–H and O–H groups in total. The van der Waals surface area contributed by atoms with Crippen LogP contribution in [0, 0.1) is 11.3 Å². The first-order chi connectivity index (χ1) is 22.8. The van der Waals surface area contributed by atoms with E-state index in [2.05, 4.69) is 26.0 Å². The molecule has 3 heterocycles. The normalized spacial score (nSPS) is 20.6. The van der Waals surface area contributed by atoms with Gasteiger partial charge in [0.25, 0.3) is 18.3 Å². The molecule has 254 valence electrons. The molecule has 2 aliphatic rings. The summed E-state index contributed by atoms with van der Waals surface area (Å²) in [6, 6.07) is 4.86. The number of amides is 4. The van der Waals surface area contributed by atoms with Crippen molar-refractivity contribution < 1.29 is 37.1 Å². The summed E-state index contributed by atoms with van der Waals surface area (Å²) in [6.07, 6.45) is -1.70. The quantitative estimate of drug-likeness (QED) is 0.243. The second-order valence-corrected chi connectivity index (χ2v) is 11.9. The number of nitrogens with two attached hydrogens (primary N) is 1. The molecule has 0 spiro atoms. The summed E-state index contributed by atoms with van der Waals surface area (Å²) in [7, 11) is 1.36. The van der Waals surface area contributed by atoms with Crippen LogP contribution in [-0.2, 0) is 29.3 Å². The Kier molecular flexibility index (Phi) is 9.91. The topological polar surface area (TPSA) is 202 Å². The standard InChI is InChI=1S/C29H30ClF3N10O5/c1-41-23(21-13-43(5-4-34)40-24(21)29(31,32)33)10-36-25(41)27(46)37-16-2-3-20(22(30)9-16)26(45)38-17-7-18(8-17)39-28(47)42-11-15(35)6-19(12-42)48-14-44/h2-3,9-10,13-15,17-19H,5-8,11-12,35H2,1H3,(H,37,46)(H,38,45)(H,39,47). The zero-order valence-electron chi connectivity index (χ0n) is 25.3. The summed E-state index contributed by atoms with van der Waals surface area (Å²) in [5, 5.41) is 20.7. The maximum Gasteiger partial charge on any atom is 0.435 e. The van der Waals surface area contributed by atoms with E-state index in [0.29, 0.717) is 32.3 Å². The molecule has 2 fully saturated rings. The van der Waals surface area contributed by atoms with Crippen molar-refractivity contribution in [2.45, 2.75) is 56.2 Å². The number of carbonyl (C=O) groups is 4. The minimum Gasteiger partial charge on any atom is -0.463 e. The molecule has 2 unspecified atom stereocenters. The van der Waals surface area contributed by atoms with Crippen LogP contribution in [0.25, 0.3) is 11.3 Å². The van der Waals surface area contributed by atoms with E-state index in [9.17, 15) is 32.3 Å². The number of imidazole rings is 1. The molecule has 15 nitrogen and oxygen atoms in total. The highest BCUT2D eigenvalue weighted by Crippen LogP contribution is 2.36. The monoisotopic (exact) mass is 690 g/mol. The number of aromatic nitrogens is 4. The smallest absolute Gasteiger partial charge is 0.435 e. The molecule has 1 saturated heterocycles. The zero-order chi connectivity index (χ0) is 34.7. The molecule has 19 heteroatoms. The molecule has 2 atom stereocenters. The van der Waals surface area contributed by atoms with Crippen molar-refractivity contribution in [3.05, 3.63) is 52.7 Å². The van der Waals surface area contributed by atoms with Gasteiger partial charge in [0.1, 0.15) is 12.6 Å². The molecular formula is C29H30ClF3N10O5. The Morgan fingerprint density at radius 1 is 1.17 bits per heavy atom. The number of nitrogens with one attached hydrogen (secondary N) is 3. The molecule has 1 saturated carbocycles. The van der Waals surface area contributed by atoms with Gasteiger partial charge >= 0.3 is 12.2 Å². The second kappa shape index (κ2) is 13.9. The van der Waals surface area contributed by atoms with Gasteiger partial charge in [0.05, 0.1) is 40.7 Å². The van der Waals surface area contributed by atoms with Gasteiger partial charge < -0.3 is 35.9 Å². The van der Waals surface area contributed by atoms with Gasteiger partial charge in [-0.3, -0.25) is 19.1 Å². The van der Waals surface area contributed by atoms with Gasteiger partial charge in [0.2, 0.25) is 0 Å². The number of benzene rings is 1. The summed E-state index contributed by atoms with van der Waals surface area (Å²) in [4.78, 5) is 54.7. The zero-order valence-corrected chi connectivity index (χ0v) is 26.1. The van der Waals surface area contributed by atoms with Gasteiger partial charge in [-0.05, 0) is 31.0 Å². The Bertz CT molecular complexity index is 1760. The predicted molar refractivity (Wildman–Crippen MR) is 162 cm³/mol. The first-order valence-corrected chi connectivity index (χ1v) is 15.0. The molecule has 0 radical (unpaired) electrons. The van der Waals surface area contributed by atoms with Gasteiger partial charge in [-0.2, -0.15) is 23.5 Å². The van der Waals surface area contributed by atoms with Gasteiger partial charge in [-0.25, -0.2) is 9.78 Å². The minimum atomic E-state index is -4.81. The number of halogens is 4. The van der Waals surface area contributed by atoms with Gasteiger partial charge in [-0.15, -0.1) is 0 Å². The van der Waals surface area contributed by atoms with E-state index < -0.39 is 36.3 Å². The van der Waals surface area contributed by atoms with E-state index in [1.54, 1.807) is 6.07 Å². The highest BCUT2D eigenvalue weighted by atomic mass is 35.5. The van der Waals surface area contributed by atoms with Crippen molar-refractivity contribution in [1.82, 2.24) is 34.9 Å². The maximum atomic E-state index is 13.6. The van der Waals surface area contributed by atoms with Crippen LogP contribution in [0.3, 0.4) is 0 Å². The first kappa shape index (κ1) is 34.2. The first-order valence-electron chi connectivity index (χ1n) is 14.6. The number of nitriles is 1. The number of urea groups is 1. The lowest BCUT2D eigenvalue weighted by molar-refractivity contribution is -0.141. The largest absolute Gasteiger partial charge is 0.463 e. The summed E-state index contributed by atoms with van der Waals surface area (Å²) in [5.41, 5.74) is 4.69. The summed E-state index contributed by atoms with van der Waals surface area (Å²) < 4.78 is 47.8. The van der Waals surface area contributed by atoms with Crippen LogP contribution in [0.4, 0.5) is 23.7 Å². The number of anilines is 1. The van der Waals surface area contributed by atoms with Crippen molar-refractivity contribution in [3.8, 4) is 17.3 Å². The van der Waals surface area contributed by atoms with Gasteiger partial charge in [0, 0.05) is 50.0 Å². The molecule has 48 heavy (non-hydrogen) atoms. The maximum absolute atomic E-state index is 13.6. The average molecular weight is 691 g/mol. The number of carbonyl (C=O) groups excluding carboxylic acids is 4. The molecule has 3 aromatic rings. The fraction of sp³-hybridized carbons (Fsp3) is 0.414. The summed E-state index contributed by atoms with van der Waals surface area (Å²) in [5.74, 6) is -1.43. The lowest BCUT2D eigenvalue weighted by Gasteiger charge is -2.40. The number of hydrogen-bond acceptors (Lipinski definition) is 9. The number of piperidine rings is 1. The van der Waals surface area contributed by atoms with Crippen LogP contribution in [0.15, 0.2) is 30.6 Å². The van der Waals surface area contributed by atoms with E-state index in [1.165, 1.54) is 30.1 Å². The van der Waals surface area contributed by atoms with Crippen LogP contribution >= 0.6 is 11.6 Å². The lowest BCUT2D eigenvalue weighted by atomic mass is 9.86. The molecule has 0 bridgehead atoms. The van der Waals surface area contributed by atoms with Crippen LogP contribution < -0.4 is 21.7 Å². The van der Waals surface area contributed by atoms with E-state index in [-0.39, 0.29) is 64.1 Å². The molecule has 5 rings (SSSR count). The fourth-order valence-corrected chi connectivity index (χ4v) is 5.89. The number of alkyl halides is 3. The Balaban J connectivity index is 1.15. The van der Waals surface area contributed by atoms with Gasteiger partial charge in [-0.1, -0.05) is 11.6 Å². The van der Waals surface area contributed by atoms with Crippen LogP contribution in [0.2, 0.25) is 5.02 Å². The van der Waals surface area contributed by atoms with Gasteiger partial charge in [0.15, 0.2) is 11.5 Å². The van der Waals surface area contributed by atoms with Crippen molar-refractivity contribution >= 4 is 41.6 Å². The molecule has 4 amide bonds. The Morgan fingerprint density at radius 2 is 1.90 bits per heavy atom. The molecule has 1 aliphatic carbocycles. The van der Waals surface area contributed by atoms with Crippen LogP contribution in [0.1, 0.15) is 45.9 Å². The average Bonchev–Trinajstić information content (AvgIpc) is 3.59. The molecule has 1 aliphatic heterocycles. The number of ether oxygens (including phenoxy) is 1. The minimum absolute atomic E-state index is 0.0308. The fourth-order valence-electron chi connectivity index (χ4n) is 5.62. The Labute approximate surface area is 276 Å². The van der Waals surface area contributed by atoms with Crippen molar-refractivity contribution in [1.29, 1.82) is 5.26 Å². The Morgan fingerprint density at radius 3 is 2.56 bits per heavy atom. The predicted octanol–water partition coefficient (Wildman–Crippen LogP) is 2.28. The summed E-state index contributed by atoms with van der Waals surface area (Å²) >= 11 is 6.36.